The third-order valence-corrected chi connectivity index (χ3v) is 1.89. The summed E-state index contributed by atoms with van der Waals surface area (Å²) >= 11 is 1.59. The van der Waals surface area contributed by atoms with Crippen molar-refractivity contribution in [3.8, 4) is 0 Å². The molecule has 3 aromatic rings. The van der Waals surface area contributed by atoms with Crippen LogP contribution in [0.3, 0.4) is 0 Å². The normalized spacial score (nSPS) is 8.00. The highest BCUT2D eigenvalue weighted by molar-refractivity contribution is 7.07. The highest BCUT2D eigenvalue weighted by atomic mass is 32.1. The number of nitrogens with zero attached hydrogens (tertiary/aromatic N) is 1. The van der Waals surface area contributed by atoms with E-state index in [1.807, 2.05) is 35.7 Å². The molecule has 2 radical (unpaired) electrons. The van der Waals surface area contributed by atoms with Crippen molar-refractivity contribution >= 4 is 11.3 Å². The van der Waals surface area contributed by atoms with Crippen LogP contribution < -0.4 is 0 Å². The van der Waals surface area contributed by atoms with Crippen LogP contribution >= 0.6 is 11.3 Å². The van der Waals surface area contributed by atoms with E-state index >= 15 is 0 Å². The van der Waals surface area contributed by atoms with Crippen LogP contribution in [-0.4, -0.2) is 4.98 Å². The number of hydrogen-bond donors (Lipinski definition) is 0. The average Bonchev–Trinajstić information content (AvgIpc) is 3.10. The van der Waals surface area contributed by atoms with Gasteiger partial charge in [0.15, 0.2) is 6.26 Å². The minimum atomic E-state index is 1.57. The summed E-state index contributed by atoms with van der Waals surface area (Å²) in [7, 11) is 0. The van der Waals surface area contributed by atoms with Gasteiger partial charge >= 0.3 is 0 Å². The van der Waals surface area contributed by atoms with Crippen molar-refractivity contribution < 1.29 is 4.42 Å². The van der Waals surface area contributed by atoms with Crippen LogP contribution in [0.25, 0.3) is 0 Å². The number of pyridine rings is 1. The molecule has 0 saturated heterocycles. The van der Waals surface area contributed by atoms with E-state index in [1.54, 1.807) is 42.1 Å². The molecule has 0 aliphatic rings. The Morgan fingerprint density at radius 3 is 2.00 bits per heavy atom. The lowest BCUT2D eigenvalue weighted by atomic mass is 10.5. The van der Waals surface area contributed by atoms with Gasteiger partial charge < -0.3 is 4.42 Å². The standard InChI is InChI=1S/C5H5N.C4H3O.C4H3S/c1-2-4-6-5-3-1;2*1-2-4-5-3-1/h1-5H;2*1-3H. The summed E-state index contributed by atoms with van der Waals surface area (Å²) in [6.45, 7) is 0. The largest absolute Gasteiger partial charge is 0.461 e. The van der Waals surface area contributed by atoms with Crippen molar-refractivity contribution in [1.82, 2.24) is 4.98 Å². The summed E-state index contributed by atoms with van der Waals surface area (Å²) < 4.78 is 4.46. The van der Waals surface area contributed by atoms with E-state index in [4.69, 9.17) is 0 Å². The van der Waals surface area contributed by atoms with E-state index < -0.39 is 0 Å². The van der Waals surface area contributed by atoms with E-state index in [0.29, 0.717) is 0 Å². The van der Waals surface area contributed by atoms with Gasteiger partial charge in [0.2, 0.25) is 0 Å². The SMILES string of the molecule is [c]1ccco1.[c]1cccs1.c1ccncc1. The highest BCUT2D eigenvalue weighted by Gasteiger charge is 1.61. The molecule has 16 heavy (non-hydrogen) atoms. The van der Waals surface area contributed by atoms with Gasteiger partial charge in [-0.3, -0.25) is 4.98 Å². The zero-order chi connectivity index (χ0) is 11.3. The molecule has 0 aliphatic carbocycles. The molecule has 3 aromatic heterocycles. The van der Waals surface area contributed by atoms with Crippen molar-refractivity contribution in [3.63, 3.8) is 0 Å². The Labute approximate surface area is 99.2 Å². The number of rotatable bonds is 0. The molecule has 80 valence electrons. The molecule has 0 N–H and O–H groups in total. The van der Waals surface area contributed by atoms with Gasteiger partial charge in [0.1, 0.15) is 0 Å². The van der Waals surface area contributed by atoms with Crippen molar-refractivity contribution in [2.24, 2.45) is 0 Å². The summed E-state index contributed by atoms with van der Waals surface area (Å²) in [5.74, 6) is 0. The second kappa shape index (κ2) is 9.68. The molecule has 3 rings (SSSR count). The number of furan rings is 1. The fourth-order valence-electron chi connectivity index (χ4n) is 0.705. The monoisotopic (exact) mass is 229 g/mol. The third-order valence-electron chi connectivity index (χ3n) is 1.32. The van der Waals surface area contributed by atoms with Gasteiger partial charge in [-0.25, -0.2) is 0 Å². The molecule has 0 spiro atoms. The number of hydrogen-bond acceptors (Lipinski definition) is 3. The molecule has 0 bridgehead atoms. The number of aromatic nitrogens is 1. The fourth-order valence-corrected chi connectivity index (χ4v) is 1.10. The molecule has 0 atom stereocenters. The lowest BCUT2D eigenvalue weighted by molar-refractivity contribution is 0.558. The highest BCUT2D eigenvalue weighted by Crippen LogP contribution is 1.90. The van der Waals surface area contributed by atoms with Gasteiger partial charge in [-0.1, -0.05) is 12.1 Å². The fraction of sp³-hybridized carbons (Fsp3) is 0. The summed E-state index contributed by atoms with van der Waals surface area (Å²) in [5, 5.41) is 4.89. The van der Waals surface area contributed by atoms with Gasteiger partial charge in [-0.15, -0.1) is 11.3 Å². The van der Waals surface area contributed by atoms with Gasteiger partial charge in [-0.2, -0.15) is 0 Å². The third kappa shape index (κ3) is 7.53. The molecule has 0 fully saturated rings. The van der Waals surface area contributed by atoms with Crippen LogP contribution in [0.4, 0.5) is 0 Å². The molecule has 0 amide bonds. The van der Waals surface area contributed by atoms with Crippen molar-refractivity contribution in [2.75, 3.05) is 0 Å². The van der Waals surface area contributed by atoms with Crippen molar-refractivity contribution in [3.05, 3.63) is 78.1 Å². The maximum Gasteiger partial charge on any atom is 0.169 e. The lowest BCUT2D eigenvalue weighted by Gasteiger charge is -1.70. The predicted molar refractivity (Wildman–Crippen MR) is 64.9 cm³/mol. The first kappa shape index (κ1) is 12.2. The first-order valence-corrected chi connectivity index (χ1v) is 5.52. The Morgan fingerprint density at radius 1 is 0.938 bits per heavy atom. The van der Waals surface area contributed by atoms with E-state index in [-0.39, 0.29) is 0 Å². The minimum Gasteiger partial charge on any atom is -0.461 e. The van der Waals surface area contributed by atoms with E-state index in [1.165, 1.54) is 0 Å². The smallest absolute Gasteiger partial charge is 0.169 e. The first-order chi connectivity index (χ1) is 8.00. The lowest BCUT2D eigenvalue weighted by Crippen LogP contribution is -1.58. The maximum absolute atomic E-state index is 4.46. The Bertz CT molecular complexity index is 307. The van der Waals surface area contributed by atoms with Crippen LogP contribution in [0.2, 0.25) is 0 Å². The molecule has 0 saturated carbocycles. The molecule has 3 heterocycles. The summed E-state index contributed by atoms with van der Waals surface area (Å²) in [6.07, 6.45) is 7.56. The van der Waals surface area contributed by atoms with Crippen molar-refractivity contribution in [2.45, 2.75) is 0 Å². The van der Waals surface area contributed by atoms with Crippen LogP contribution in [0.15, 0.2) is 70.9 Å². The Kier molecular flexibility index (Phi) is 7.38. The number of thiophene rings is 1. The second-order valence-electron chi connectivity index (χ2n) is 2.49. The van der Waals surface area contributed by atoms with E-state index in [9.17, 15) is 0 Å². The first-order valence-electron chi connectivity index (χ1n) is 4.64. The molecular formula is C13H11NOS. The molecule has 0 aromatic carbocycles. The zero-order valence-electron chi connectivity index (χ0n) is 8.61. The van der Waals surface area contributed by atoms with Crippen LogP contribution in [0, 0.1) is 11.6 Å². The Balaban J connectivity index is 0.000000121. The molecule has 0 unspecified atom stereocenters. The summed E-state index contributed by atoms with van der Waals surface area (Å²) in [5.41, 5.74) is 0. The van der Waals surface area contributed by atoms with Crippen LogP contribution in [0.1, 0.15) is 0 Å². The quantitative estimate of drug-likeness (QED) is 0.587. The van der Waals surface area contributed by atoms with Gasteiger partial charge in [0.05, 0.1) is 6.26 Å². The Morgan fingerprint density at radius 2 is 1.81 bits per heavy atom. The molecule has 3 heteroatoms. The molecule has 2 nitrogen and oxygen atoms in total. The van der Waals surface area contributed by atoms with Crippen LogP contribution in [-0.2, 0) is 0 Å². The Hall–Kier alpha value is -1.87. The van der Waals surface area contributed by atoms with E-state index in [2.05, 4.69) is 21.0 Å². The molecular weight excluding hydrogens is 218 g/mol. The average molecular weight is 229 g/mol. The zero-order valence-corrected chi connectivity index (χ0v) is 9.43. The van der Waals surface area contributed by atoms with E-state index in [0.717, 1.165) is 0 Å². The summed E-state index contributed by atoms with van der Waals surface area (Å²) in [6, 6.07) is 13.1. The van der Waals surface area contributed by atoms with Crippen molar-refractivity contribution in [1.29, 1.82) is 0 Å². The second-order valence-corrected chi connectivity index (χ2v) is 3.23. The predicted octanol–water partition coefficient (Wildman–Crippen LogP) is 3.71. The maximum atomic E-state index is 4.46. The van der Waals surface area contributed by atoms with Gasteiger partial charge in [0.25, 0.3) is 0 Å². The molecule has 0 aliphatic heterocycles. The van der Waals surface area contributed by atoms with Gasteiger partial charge in [0, 0.05) is 17.8 Å². The van der Waals surface area contributed by atoms with Gasteiger partial charge in [-0.05, 0) is 35.7 Å². The van der Waals surface area contributed by atoms with Crippen LogP contribution in [0.5, 0.6) is 0 Å². The topological polar surface area (TPSA) is 26.0 Å². The minimum absolute atomic E-state index is 1.57. The summed E-state index contributed by atoms with van der Waals surface area (Å²) in [4.78, 5) is 3.78.